The van der Waals surface area contributed by atoms with Crippen molar-refractivity contribution in [1.82, 2.24) is 5.32 Å². The third-order valence-corrected chi connectivity index (χ3v) is 3.26. The van der Waals surface area contributed by atoms with Crippen LogP contribution in [0.25, 0.3) is 0 Å². The van der Waals surface area contributed by atoms with Gasteiger partial charge >= 0.3 is 0 Å². The number of hydrogen-bond acceptors (Lipinski definition) is 3. The average Bonchev–Trinajstić information content (AvgIpc) is 2.26. The first-order chi connectivity index (χ1) is 7.63. The number of hydrogen-bond donors (Lipinski definition) is 3. The Morgan fingerprint density at radius 2 is 2.31 bits per heavy atom. The Bertz CT molecular complexity index is 221. The van der Waals surface area contributed by atoms with E-state index in [2.05, 4.69) is 5.32 Å². The molecule has 3 atom stereocenters. The number of carbonyl (C=O) groups is 1. The van der Waals surface area contributed by atoms with E-state index < -0.39 is 0 Å². The van der Waals surface area contributed by atoms with Crippen LogP contribution in [0.4, 0.5) is 0 Å². The molecule has 4 N–H and O–H groups in total. The largest absolute Gasteiger partial charge is 0.393 e. The van der Waals surface area contributed by atoms with E-state index in [4.69, 9.17) is 5.73 Å². The summed E-state index contributed by atoms with van der Waals surface area (Å²) in [6.45, 7) is 2.68. The van der Waals surface area contributed by atoms with Gasteiger partial charge in [-0.05, 0) is 31.6 Å². The first kappa shape index (κ1) is 13.5. The highest BCUT2D eigenvalue weighted by atomic mass is 16.3. The maximum absolute atomic E-state index is 11.6. The summed E-state index contributed by atoms with van der Waals surface area (Å²) >= 11 is 0. The Labute approximate surface area is 97.6 Å². The van der Waals surface area contributed by atoms with E-state index in [-0.39, 0.29) is 18.1 Å². The van der Waals surface area contributed by atoms with E-state index in [9.17, 15) is 9.90 Å². The first-order valence-electron chi connectivity index (χ1n) is 6.34. The molecule has 1 rings (SSSR count). The van der Waals surface area contributed by atoms with Gasteiger partial charge in [0.1, 0.15) is 0 Å². The predicted molar refractivity (Wildman–Crippen MR) is 63.9 cm³/mol. The molecule has 94 valence electrons. The lowest BCUT2D eigenvalue weighted by Gasteiger charge is -2.26. The van der Waals surface area contributed by atoms with Crippen LogP contribution in [0.1, 0.15) is 45.4 Å². The van der Waals surface area contributed by atoms with Gasteiger partial charge in [-0.2, -0.15) is 0 Å². The van der Waals surface area contributed by atoms with Crippen molar-refractivity contribution in [3.05, 3.63) is 0 Å². The molecule has 0 radical (unpaired) electrons. The molecular formula is C12H24N2O2. The fraction of sp³-hybridized carbons (Fsp3) is 0.917. The lowest BCUT2D eigenvalue weighted by Crippen LogP contribution is -2.43. The van der Waals surface area contributed by atoms with Gasteiger partial charge in [0.25, 0.3) is 0 Å². The topological polar surface area (TPSA) is 75.4 Å². The molecule has 1 aliphatic rings. The molecule has 4 heteroatoms. The SMILES string of the molecule is CCC[C@H](N)C(=O)NCC1CCCC(O)C1. The van der Waals surface area contributed by atoms with Crippen molar-refractivity contribution in [2.45, 2.75) is 57.6 Å². The molecule has 0 aromatic carbocycles. The Balaban J connectivity index is 2.20. The van der Waals surface area contributed by atoms with Crippen molar-refractivity contribution in [1.29, 1.82) is 0 Å². The lowest BCUT2D eigenvalue weighted by molar-refractivity contribution is -0.122. The summed E-state index contributed by atoms with van der Waals surface area (Å²) in [6.07, 6.45) is 5.35. The van der Waals surface area contributed by atoms with E-state index in [1.807, 2.05) is 6.92 Å². The highest BCUT2D eigenvalue weighted by Crippen LogP contribution is 2.23. The van der Waals surface area contributed by atoms with Crippen molar-refractivity contribution < 1.29 is 9.90 Å². The van der Waals surface area contributed by atoms with Crippen molar-refractivity contribution in [2.24, 2.45) is 11.7 Å². The predicted octanol–water partition coefficient (Wildman–Crippen LogP) is 0.781. The second-order valence-corrected chi connectivity index (χ2v) is 4.83. The first-order valence-corrected chi connectivity index (χ1v) is 6.34. The van der Waals surface area contributed by atoms with E-state index in [1.165, 1.54) is 0 Å². The van der Waals surface area contributed by atoms with Gasteiger partial charge in [0.15, 0.2) is 0 Å². The molecule has 0 aromatic rings. The minimum absolute atomic E-state index is 0.0538. The van der Waals surface area contributed by atoms with Gasteiger partial charge in [0.05, 0.1) is 12.1 Å². The minimum atomic E-state index is -0.376. The van der Waals surface area contributed by atoms with Crippen LogP contribution in [0.3, 0.4) is 0 Å². The van der Waals surface area contributed by atoms with Crippen LogP contribution in [-0.4, -0.2) is 29.7 Å². The molecule has 0 heterocycles. The van der Waals surface area contributed by atoms with E-state index >= 15 is 0 Å². The summed E-state index contributed by atoms with van der Waals surface area (Å²) in [4.78, 5) is 11.6. The minimum Gasteiger partial charge on any atom is -0.393 e. The molecule has 1 saturated carbocycles. The van der Waals surface area contributed by atoms with Gasteiger partial charge in [0.2, 0.25) is 5.91 Å². The molecule has 2 unspecified atom stereocenters. The number of aliphatic hydroxyl groups is 1. The number of rotatable bonds is 5. The monoisotopic (exact) mass is 228 g/mol. The van der Waals surface area contributed by atoms with Gasteiger partial charge in [0, 0.05) is 6.54 Å². The van der Waals surface area contributed by atoms with Gasteiger partial charge in [-0.1, -0.05) is 19.8 Å². The number of amides is 1. The molecule has 1 amide bonds. The van der Waals surface area contributed by atoms with Crippen LogP contribution in [0.15, 0.2) is 0 Å². The summed E-state index contributed by atoms with van der Waals surface area (Å²) in [5.41, 5.74) is 5.71. The Morgan fingerprint density at radius 3 is 2.94 bits per heavy atom. The molecule has 0 bridgehead atoms. The molecule has 1 fully saturated rings. The average molecular weight is 228 g/mol. The van der Waals surface area contributed by atoms with Crippen molar-refractivity contribution in [3.63, 3.8) is 0 Å². The fourth-order valence-corrected chi connectivity index (χ4v) is 2.27. The Hall–Kier alpha value is -0.610. The highest BCUT2D eigenvalue weighted by Gasteiger charge is 2.21. The Morgan fingerprint density at radius 1 is 1.56 bits per heavy atom. The van der Waals surface area contributed by atoms with Crippen LogP contribution >= 0.6 is 0 Å². The zero-order chi connectivity index (χ0) is 12.0. The molecule has 4 nitrogen and oxygen atoms in total. The molecule has 16 heavy (non-hydrogen) atoms. The molecule has 0 aromatic heterocycles. The number of carbonyl (C=O) groups excluding carboxylic acids is 1. The number of nitrogens with one attached hydrogen (secondary N) is 1. The lowest BCUT2D eigenvalue weighted by atomic mass is 9.87. The quantitative estimate of drug-likeness (QED) is 0.651. The number of aliphatic hydroxyl groups excluding tert-OH is 1. The van der Waals surface area contributed by atoms with Gasteiger partial charge in [-0.15, -0.1) is 0 Å². The highest BCUT2D eigenvalue weighted by molar-refractivity contribution is 5.81. The molecule has 0 spiro atoms. The van der Waals surface area contributed by atoms with Crippen molar-refractivity contribution in [2.75, 3.05) is 6.54 Å². The van der Waals surface area contributed by atoms with E-state index in [1.54, 1.807) is 0 Å². The van der Waals surface area contributed by atoms with Crippen molar-refractivity contribution in [3.8, 4) is 0 Å². The zero-order valence-corrected chi connectivity index (χ0v) is 10.1. The smallest absolute Gasteiger partial charge is 0.236 e. The van der Waals surface area contributed by atoms with Crippen molar-refractivity contribution >= 4 is 5.91 Å². The maximum atomic E-state index is 11.6. The summed E-state index contributed by atoms with van der Waals surface area (Å²) in [7, 11) is 0. The normalized spacial score (nSPS) is 27.4. The van der Waals surface area contributed by atoms with E-state index in [0.29, 0.717) is 12.5 Å². The van der Waals surface area contributed by atoms with Gasteiger partial charge < -0.3 is 16.2 Å². The molecular weight excluding hydrogens is 204 g/mol. The van der Waals surface area contributed by atoms with Crippen LogP contribution in [-0.2, 0) is 4.79 Å². The summed E-state index contributed by atoms with van der Waals surface area (Å²) in [5.74, 6) is 0.364. The molecule has 0 aliphatic heterocycles. The molecule has 0 saturated heterocycles. The third kappa shape index (κ3) is 4.49. The van der Waals surface area contributed by atoms with E-state index in [0.717, 1.165) is 38.5 Å². The fourth-order valence-electron chi connectivity index (χ4n) is 2.27. The van der Waals surface area contributed by atoms with Crippen LogP contribution in [0, 0.1) is 5.92 Å². The van der Waals surface area contributed by atoms with Gasteiger partial charge in [-0.3, -0.25) is 4.79 Å². The van der Waals surface area contributed by atoms with Gasteiger partial charge in [-0.25, -0.2) is 0 Å². The third-order valence-electron chi connectivity index (χ3n) is 3.26. The van der Waals surface area contributed by atoms with Crippen LogP contribution in [0.5, 0.6) is 0 Å². The summed E-state index contributed by atoms with van der Waals surface area (Å²) < 4.78 is 0. The second kappa shape index (κ2) is 6.86. The maximum Gasteiger partial charge on any atom is 0.236 e. The van der Waals surface area contributed by atoms with Crippen LogP contribution < -0.4 is 11.1 Å². The zero-order valence-electron chi connectivity index (χ0n) is 10.1. The number of nitrogens with two attached hydrogens (primary N) is 1. The summed E-state index contributed by atoms with van der Waals surface area (Å²) in [6, 6.07) is -0.376. The van der Waals surface area contributed by atoms with Crippen LogP contribution in [0.2, 0.25) is 0 Å². The second-order valence-electron chi connectivity index (χ2n) is 4.83. The Kier molecular flexibility index (Phi) is 5.77. The molecule has 1 aliphatic carbocycles. The standard InChI is InChI=1S/C12H24N2O2/c1-2-4-11(13)12(16)14-8-9-5-3-6-10(15)7-9/h9-11,15H,2-8,13H2,1H3,(H,14,16)/t9?,10?,11-/m0/s1. The summed E-state index contributed by atoms with van der Waals surface area (Å²) in [5, 5.41) is 12.4.